The number of aryl methyl sites for hydroxylation is 2. The molecule has 0 aliphatic rings. The fourth-order valence-corrected chi connectivity index (χ4v) is 2.31. The van der Waals surface area contributed by atoms with Gasteiger partial charge in [-0.2, -0.15) is 5.10 Å². The molecular formula is C14H17N7O. The van der Waals surface area contributed by atoms with Gasteiger partial charge in [0.2, 0.25) is 0 Å². The number of carbonyl (C=O) groups is 1. The van der Waals surface area contributed by atoms with Gasteiger partial charge in [0, 0.05) is 26.0 Å². The molecule has 3 heterocycles. The number of nitrogens with one attached hydrogen (secondary N) is 1. The lowest BCUT2D eigenvalue weighted by atomic mass is 10.3. The molecule has 0 spiro atoms. The Labute approximate surface area is 127 Å². The van der Waals surface area contributed by atoms with Crippen molar-refractivity contribution >= 4 is 5.91 Å². The maximum absolute atomic E-state index is 12.4. The van der Waals surface area contributed by atoms with Crippen molar-refractivity contribution in [3.63, 3.8) is 0 Å². The Balaban J connectivity index is 1.79. The van der Waals surface area contributed by atoms with Crippen LogP contribution in [0.3, 0.4) is 0 Å². The van der Waals surface area contributed by atoms with Crippen LogP contribution in [-0.4, -0.2) is 35.0 Å². The first kappa shape index (κ1) is 14.1. The summed E-state index contributed by atoms with van der Waals surface area (Å²) in [5.41, 5.74) is 0.515. The molecule has 0 saturated carbocycles. The average molecular weight is 299 g/mol. The van der Waals surface area contributed by atoms with E-state index in [9.17, 15) is 4.79 Å². The highest BCUT2D eigenvalue weighted by molar-refractivity contribution is 5.97. The number of amides is 1. The second-order valence-corrected chi connectivity index (χ2v) is 4.81. The fourth-order valence-electron chi connectivity index (χ4n) is 2.31. The van der Waals surface area contributed by atoms with Gasteiger partial charge in [0.25, 0.3) is 5.91 Å². The van der Waals surface area contributed by atoms with Gasteiger partial charge in [-0.15, -0.1) is 10.2 Å². The van der Waals surface area contributed by atoms with E-state index < -0.39 is 0 Å². The molecule has 3 aromatic rings. The van der Waals surface area contributed by atoms with Crippen molar-refractivity contribution in [2.75, 3.05) is 0 Å². The topological polar surface area (TPSA) is 82.6 Å². The van der Waals surface area contributed by atoms with Crippen molar-refractivity contribution in [3.05, 3.63) is 48.4 Å². The molecule has 0 unspecified atom stereocenters. The summed E-state index contributed by atoms with van der Waals surface area (Å²) >= 11 is 0. The molecule has 0 radical (unpaired) electrons. The molecule has 1 N–H and O–H groups in total. The molecule has 0 fully saturated rings. The molecule has 3 rings (SSSR count). The average Bonchev–Trinajstić information content (AvgIpc) is 3.24. The first-order valence-electron chi connectivity index (χ1n) is 7.01. The Morgan fingerprint density at radius 1 is 1.32 bits per heavy atom. The van der Waals surface area contributed by atoms with Gasteiger partial charge in [-0.05, 0) is 19.1 Å². The van der Waals surface area contributed by atoms with Crippen LogP contribution in [0, 0.1) is 0 Å². The van der Waals surface area contributed by atoms with E-state index in [2.05, 4.69) is 20.6 Å². The molecule has 114 valence electrons. The second kappa shape index (κ2) is 5.84. The number of rotatable bonds is 5. The summed E-state index contributed by atoms with van der Waals surface area (Å²) in [5.74, 6) is 1.25. The van der Waals surface area contributed by atoms with Gasteiger partial charge >= 0.3 is 0 Å². The molecule has 1 amide bonds. The summed E-state index contributed by atoms with van der Waals surface area (Å²) in [5, 5.41) is 14.9. The lowest BCUT2D eigenvalue weighted by Gasteiger charge is -2.08. The first-order chi connectivity index (χ1) is 10.7. The standard InChI is InChI=1S/C14H17N7O/c1-3-20-10-16-18-12(20)9-15-13(22)11-8-17-19(2)14(11)21-6-4-5-7-21/h4-8,10H,3,9H2,1-2H3,(H,15,22). The van der Waals surface area contributed by atoms with Gasteiger partial charge in [-0.3, -0.25) is 9.48 Å². The summed E-state index contributed by atoms with van der Waals surface area (Å²) in [7, 11) is 1.81. The number of nitrogens with zero attached hydrogens (tertiary/aromatic N) is 6. The molecular weight excluding hydrogens is 282 g/mol. The van der Waals surface area contributed by atoms with Gasteiger partial charge in [-0.1, -0.05) is 0 Å². The van der Waals surface area contributed by atoms with E-state index in [-0.39, 0.29) is 5.91 Å². The van der Waals surface area contributed by atoms with Crippen LogP contribution in [0.1, 0.15) is 23.1 Å². The van der Waals surface area contributed by atoms with Gasteiger partial charge in [-0.25, -0.2) is 0 Å². The Morgan fingerprint density at radius 3 is 2.82 bits per heavy atom. The van der Waals surface area contributed by atoms with E-state index in [4.69, 9.17) is 0 Å². The van der Waals surface area contributed by atoms with Crippen molar-refractivity contribution < 1.29 is 4.79 Å². The third kappa shape index (κ3) is 2.50. The Morgan fingerprint density at radius 2 is 2.09 bits per heavy atom. The molecule has 8 nitrogen and oxygen atoms in total. The van der Waals surface area contributed by atoms with Crippen LogP contribution >= 0.6 is 0 Å². The smallest absolute Gasteiger partial charge is 0.257 e. The SMILES string of the molecule is CCn1cnnc1CNC(=O)c1cnn(C)c1-n1cccc1. The number of hydrogen-bond acceptors (Lipinski definition) is 4. The van der Waals surface area contributed by atoms with E-state index in [1.54, 1.807) is 24.3 Å². The molecule has 3 aromatic heterocycles. The summed E-state index contributed by atoms with van der Waals surface area (Å²) in [6.07, 6.45) is 6.97. The molecule has 0 aliphatic carbocycles. The van der Waals surface area contributed by atoms with Crippen molar-refractivity contribution in [2.45, 2.75) is 20.0 Å². The third-order valence-electron chi connectivity index (χ3n) is 3.44. The van der Waals surface area contributed by atoms with Crippen LogP contribution in [0.25, 0.3) is 5.82 Å². The van der Waals surface area contributed by atoms with Crippen LogP contribution in [0.2, 0.25) is 0 Å². The molecule has 0 aliphatic heterocycles. The van der Waals surface area contributed by atoms with Gasteiger partial charge < -0.3 is 14.5 Å². The Kier molecular flexibility index (Phi) is 3.73. The van der Waals surface area contributed by atoms with Gasteiger partial charge in [0.05, 0.1) is 12.7 Å². The van der Waals surface area contributed by atoms with E-state index in [1.165, 1.54) is 0 Å². The molecule has 0 saturated heterocycles. The molecule has 0 bridgehead atoms. The lowest BCUT2D eigenvalue weighted by Crippen LogP contribution is -2.25. The Hall–Kier alpha value is -2.90. The van der Waals surface area contributed by atoms with Gasteiger partial charge in [0.1, 0.15) is 17.7 Å². The van der Waals surface area contributed by atoms with Crippen LogP contribution in [-0.2, 0) is 20.1 Å². The maximum Gasteiger partial charge on any atom is 0.257 e. The number of aromatic nitrogens is 6. The zero-order valence-electron chi connectivity index (χ0n) is 12.5. The van der Waals surface area contributed by atoms with Crippen molar-refractivity contribution in [2.24, 2.45) is 7.05 Å². The molecule has 0 aromatic carbocycles. The minimum atomic E-state index is -0.192. The normalized spacial score (nSPS) is 10.8. The summed E-state index contributed by atoms with van der Waals surface area (Å²) in [4.78, 5) is 12.4. The summed E-state index contributed by atoms with van der Waals surface area (Å²) in [6, 6.07) is 3.80. The maximum atomic E-state index is 12.4. The monoisotopic (exact) mass is 299 g/mol. The number of hydrogen-bond donors (Lipinski definition) is 1. The van der Waals surface area contributed by atoms with E-state index in [0.717, 1.165) is 18.2 Å². The fraction of sp³-hybridized carbons (Fsp3) is 0.286. The van der Waals surface area contributed by atoms with Crippen LogP contribution < -0.4 is 5.32 Å². The van der Waals surface area contributed by atoms with Crippen LogP contribution in [0.5, 0.6) is 0 Å². The summed E-state index contributed by atoms with van der Waals surface area (Å²) < 4.78 is 5.41. The van der Waals surface area contributed by atoms with Crippen LogP contribution in [0.4, 0.5) is 0 Å². The number of carbonyl (C=O) groups excluding carboxylic acids is 1. The zero-order chi connectivity index (χ0) is 15.5. The largest absolute Gasteiger partial charge is 0.345 e. The predicted molar refractivity (Wildman–Crippen MR) is 79.4 cm³/mol. The minimum Gasteiger partial charge on any atom is -0.345 e. The van der Waals surface area contributed by atoms with Crippen LogP contribution in [0.15, 0.2) is 37.1 Å². The van der Waals surface area contributed by atoms with E-state index in [1.807, 2.05) is 40.6 Å². The third-order valence-corrected chi connectivity index (χ3v) is 3.44. The molecule has 8 heteroatoms. The van der Waals surface area contributed by atoms with Crippen molar-refractivity contribution in [1.29, 1.82) is 0 Å². The highest BCUT2D eigenvalue weighted by Gasteiger charge is 2.17. The highest BCUT2D eigenvalue weighted by Crippen LogP contribution is 2.13. The minimum absolute atomic E-state index is 0.192. The zero-order valence-corrected chi connectivity index (χ0v) is 12.5. The summed E-state index contributed by atoms with van der Waals surface area (Å²) in [6.45, 7) is 3.09. The van der Waals surface area contributed by atoms with Crippen molar-refractivity contribution in [1.82, 2.24) is 34.4 Å². The highest BCUT2D eigenvalue weighted by atomic mass is 16.1. The van der Waals surface area contributed by atoms with Crippen molar-refractivity contribution in [3.8, 4) is 5.82 Å². The van der Waals surface area contributed by atoms with Gasteiger partial charge in [0.15, 0.2) is 5.82 Å². The quantitative estimate of drug-likeness (QED) is 0.753. The second-order valence-electron chi connectivity index (χ2n) is 4.81. The first-order valence-corrected chi connectivity index (χ1v) is 7.01. The lowest BCUT2D eigenvalue weighted by molar-refractivity contribution is 0.0949. The van der Waals surface area contributed by atoms with E-state index in [0.29, 0.717) is 12.1 Å². The molecule has 0 atom stereocenters. The molecule has 22 heavy (non-hydrogen) atoms. The predicted octanol–water partition coefficient (Wildman–Crippen LogP) is 0.752. The van der Waals surface area contributed by atoms with E-state index >= 15 is 0 Å². The Bertz CT molecular complexity index is 769.